The zero-order chi connectivity index (χ0) is 8.36. The molecule has 0 atom stereocenters. The molecule has 0 aliphatic heterocycles. The number of hydrogen-bond acceptors (Lipinski definition) is 0. The summed E-state index contributed by atoms with van der Waals surface area (Å²) in [6.07, 6.45) is -8.98. The Kier molecular flexibility index (Phi) is 2.98. The molecule has 0 bridgehead atoms. The molecule has 0 aromatic heterocycles. The van der Waals surface area contributed by atoms with Gasteiger partial charge in [-0.3, -0.25) is 0 Å². The third-order valence-electron chi connectivity index (χ3n) is 0.771. The largest absolute Gasteiger partial charge is 0.403 e. The molecule has 6 heteroatoms. The van der Waals surface area contributed by atoms with Gasteiger partial charge < -0.3 is 0 Å². The molecule has 0 spiro atoms. The highest BCUT2D eigenvalue weighted by atomic mass is 19.4. The zero-order valence-electron chi connectivity index (χ0n) is 4.55. The minimum Gasteiger partial charge on any atom is -0.250 e. The van der Waals surface area contributed by atoms with E-state index in [-0.39, 0.29) is 0 Å². The van der Waals surface area contributed by atoms with Gasteiger partial charge in [0, 0.05) is 0 Å². The Balaban J connectivity index is 4.07. The Morgan fingerprint density at radius 2 is 1.60 bits per heavy atom. The van der Waals surface area contributed by atoms with Gasteiger partial charge in [0.05, 0.1) is 0 Å². The van der Waals surface area contributed by atoms with Crippen molar-refractivity contribution in [1.82, 2.24) is 0 Å². The maximum Gasteiger partial charge on any atom is 0.403 e. The lowest BCUT2D eigenvalue weighted by Crippen LogP contribution is -2.28. The summed E-state index contributed by atoms with van der Waals surface area (Å²) in [4.78, 5) is 0. The van der Waals surface area contributed by atoms with Crippen LogP contribution in [0, 0.1) is 5.92 Å². The molecule has 0 saturated heterocycles. The Morgan fingerprint density at radius 1 is 1.20 bits per heavy atom. The number of halogens is 6. The molecule has 0 aliphatic carbocycles. The highest BCUT2D eigenvalue weighted by molar-refractivity contribution is 5.00. The summed E-state index contributed by atoms with van der Waals surface area (Å²) in [5, 5.41) is 0. The molecule has 0 nitrogen and oxygen atoms in total. The Labute approximate surface area is 52.8 Å². The van der Waals surface area contributed by atoms with E-state index in [2.05, 4.69) is 0 Å². The first-order valence-corrected chi connectivity index (χ1v) is 2.16. The monoisotopic (exact) mass is 165 g/mol. The van der Waals surface area contributed by atoms with Crippen LogP contribution in [-0.2, 0) is 0 Å². The van der Waals surface area contributed by atoms with Crippen molar-refractivity contribution in [1.29, 1.82) is 0 Å². The Bertz CT molecular complexity index is 94.4. The van der Waals surface area contributed by atoms with Gasteiger partial charge in [-0.15, -0.1) is 0 Å². The lowest BCUT2D eigenvalue weighted by atomic mass is 10.2. The van der Waals surface area contributed by atoms with Gasteiger partial charge >= 0.3 is 6.18 Å². The van der Waals surface area contributed by atoms with Crippen molar-refractivity contribution in [3.8, 4) is 0 Å². The van der Waals surface area contributed by atoms with E-state index in [1.54, 1.807) is 0 Å². The van der Waals surface area contributed by atoms with Crippen LogP contribution in [-0.4, -0.2) is 19.3 Å². The predicted octanol–water partition coefficient (Wildman–Crippen LogP) is 2.36. The highest BCUT2D eigenvalue weighted by Gasteiger charge is 2.46. The van der Waals surface area contributed by atoms with Crippen LogP contribution in [0.25, 0.3) is 0 Å². The van der Waals surface area contributed by atoms with E-state index in [0.717, 1.165) is 0 Å². The summed E-state index contributed by atoms with van der Waals surface area (Å²) >= 11 is 0. The van der Waals surface area contributed by atoms with E-state index in [0.29, 0.717) is 0 Å². The lowest BCUT2D eigenvalue weighted by molar-refractivity contribution is -0.139. The molecule has 0 saturated carbocycles. The van der Waals surface area contributed by atoms with Gasteiger partial charge in [-0.05, 0) is 0 Å². The van der Waals surface area contributed by atoms with E-state index in [9.17, 15) is 26.3 Å². The smallest absolute Gasteiger partial charge is 0.250 e. The van der Waals surface area contributed by atoms with E-state index in [1.165, 1.54) is 0 Å². The summed E-state index contributed by atoms with van der Waals surface area (Å²) < 4.78 is 67.2. The van der Waals surface area contributed by atoms with Crippen molar-refractivity contribution in [2.24, 2.45) is 0 Å². The van der Waals surface area contributed by atoms with Crippen molar-refractivity contribution in [2.45, 2.75) is 12.6 Å². The molecule has 0 rings (SSSR count). The summed E-state index contributed by atoms with van der Waals surface area (Å²) in [5.41, 5.74) is 0. The minimum atomic E-state index is -5.22. The van der Waals surface area contributed by atoms with Crippen molar-refractivity contribution >= 4 is 0 Å². The van der Waals surface area contributed by atoms with Crippen LogP contribution in [0.5, 0.6) is 0 Å². The number of rotatable bonds is 2. The maximum atomic E-state index is 11.2. The van der Waals surface area contributed by atoms with Crippen LogP contribution in [0.1, 0.15) is 0 Å². The quantitative estimate of drug-likeness (QED) is 0.551. The van der Waals surface area contributed by atoms with Gasteiger partial charge in [0.1, 0.15) is 6.67 Å². The van der Waals surface area contributed by atoms with Crippen molar-refractivity contribution < 1.29 is 26.3 Å². The van der Waals surface area contributed by atoms with Crippen LogP contribution in [0.15, 0.2) is 0 Å². The molecule has 0 fully saturated rings. The van der Waals surface area contributed by atoms with Crippen LogP contribution in [0.2, 0.25) is 0 Å². The van der Waals surface area contributed by atoms with Crippen LogP contribution < -0.4 is 0 Å². The molecule has 0 aliphatic rings. The topological polar surface area (TPSA) is 0 Å². The highest BCUT2D eigenvalue weighted by Crippen LogP contribution is 2.32. The van der Waals surface area contributed by atoms with Gasteiger partial charge in [0.25, 0.3) is 6.43 Å². The molecule has 1 radical (unpaired) electrons. The average molecular weight is 165 g/mol. The van der Waals surface area contributed by atoms with E-state index >= 15 is 0 Å². The number of hydrogen-bond donors (Lipinski definition) is 0. The summed E-state index contributed by atoms with van der Waals surface area (Å²) in [5.74, 6) is -2.33. The molecule has 0 unspecified atom stereocenters. The van der Waals surface area contributed by atoms with Gasteiger partial charge in [0.2, 0.25) is 0 Å². The van der Waals surface area contributed by atoms with Crippen LogP contribution in [0.3, 0.4) is 0 Å². The molecule has 0 aromatic rings. The third kappa shape index (κ3) is 2.45. The summed E-state index contributed by atoms with van der Waals surface area (Å²) in [6.45, 7) is -2.15. The zero-order valence-corrected chi connectivity index (χ0v) is 4.55. The second-order valence-electron chi connectivity index (χ2n) is 1.46. The van der Waals surface area contributed by atoms with Crippen molar-refractivity contribution in [3.05, 3.63) is 5.92 Å². The first kappa shape index (κ1) is 9.58. The number of alkyl halides is 6. The van der Waals surface area contributed by atoms with Crippen LogP contribution >= 0.6 is 0 Å². The van der Waals surface area contributed by atoms with Crippen molar-refractivity contribution in [2.75, 3.05) is 6.67 Å². The second-order valence-corrected chi connectivity index (χ2v) is 1.46. The molecule has 0 aromatic carbocycles. The molecular formula is C4H3F6. The maximum absolute atomic E-state index is 11.2. The molecule has 61 valence electrons. The summed E-state index contributed by atoms with van der Waals surface area (Å²) in [7, 11) is 0. The van der Waals surface area contributed by atoms with E-state index in [4.69, 9.17) is 0 Å². The third-order valence-corrected chi connectivity index (χ3v) is 0.771. The van der Waals surface area contributed by atoms with Gasteiger partial charge in [0.15, 0.2) is 5.92 Å². The fraction of sp³-hybridized carbons (Fsp3) is 0.750. The fourth-order valence-corrected chi connectivity index (χ4v) is 0.258. The predicted molar refractivity (Wildman–Crippen MR) is 21.3 cm³/mol. The SMILES string of the molecule is FC[C](C(F)F)C(F)(F)F. The Hall–Kier alpha value is -0.420. The fourth-order valence-electron chi connectivity index (χ4n) is 0.258. The molecule has 0 amide bonds. The van der Waals surface area contributed by atoms with Gasteiger partial charge in [-0.2, -0.15) is 13.2 Å². The van der Waals surface area contributed by atoms with Crippen LogP contribution in [0.4, 0.5) is 26.3 Å². The van der Waals surface area contributed by atoms with Crippen molar-refractivity contribution in [3.63, 3.8) is 0 Å². The first-order valence-electron chi connectivity index (χ1n) is 2.16. The Morgan fingerprint density at radius 3 is 1.60 bits per heavy atom. The van der Waals surface area contributed by atoms with E-state index < -0.39 is 25.2 Å². The minimum absolute atomic E-state index is 2.15. The standard InChI is InChI=1S/C4H3F6/c5-1-2(3(6)7)4(8,9)10/h3H,1H2. The normalized spacial score (nSPS) is 13.2. The molecular weight excluding hydrogens is 162 g/mol. The molecule has 0 heterocycles. The molecule has 0 N–H and O–H groups in total. The van der Waals surface area contributed by atoms with Gasteiger partial charge in [-0.25, -0.2) is 13.2 Å². The summed E-state index contributed by atoms with van der Waals surface area (Å²) in [6, 6.07) is 0. The molecule has 10 heavy (non-hydrogen) atoms. The van der Waals surface area contributed by atoms with E-state index in [1.807, 2.05) is 0 Å². The lowest BCUT2D eigenvalue weighted by Gasteiger charge is -2.13. The van der Waals surface area contributed by atoms with Gasteiger partial charge in [-0.1, -0.05) is 0 Å². The average Bonchev–Trinajstić information content (AvgIpc) is 1.60. The second kappa shape index (κ2) is 3.12. The first-order chi connectivity index (χ1) is 4.39.